The van der Waals surface area contributed by atoms with Crippen molar-refractivity contribution in [2.45, 2.75) is 31.9 Å². The van der Waals surface area contributed by atoms with Crippen molar-refractivity contribution >= 4 is 11.9 Å². The Morgan fingerprint density at radius 2 is 2.19 bits per heavy atom. The first kappa shape index (κ1) is 12.9. The molecular formula is C10H18N2O4. The molecule has 1 rings (SSSR count). The summed E-state index contributed by atoms with van der Waals surface area (Å²) in [7, 11) is 0. The molecule has 0 spiro atoms. The van der Waals surface area contributed by atoms with Crippen LogP contribution in [0.4, 0.5) is 0 Å². The molecule has 4 N–H and O–H groups in total. The summed E-state index contributed by atoms with van der Waals surface area (Å²) >= 11 is 0. The number of ether oxygens (including phenoxy) is 1. The van der Waals surface area contributed by atoms with Crippen LogP contribution in [0, 0.1) is 5.92 Å². The monoisotopic (exact) mass is 230 g/mol. The Morgan fingerprint density at radius 3 is 2.69 bits per heavy atom. The lowest BCUT2D eigenvalue weighted by atomic mass is 9.82. The van der Waals surface area contributed by atoms with E-state index in [1.165, 1.54) is 0 Å². The normalized spacial score (nSPS) is 25.4. The molecule has 0 saturated heterocycles. The summed E-state index contributed by atoms with van der Waals surface area (Å²) in [6.07, 6.45) is 1.13. The third kappa shape index (κ3) is 3.46. The summed E-state index contributed by atoms with van der Waals surface area (Å²) < 4.78 is 4.62. The molecule has 1 atom stereocenters. The molecule has 6 nitrogen and oxygen atoms in total. The molecule has 6 heteroatoms. The van der Waals surface area contributed by atoms with Crippen LogP contribution in [-0.4, -0.2) is 42.3 Å². The summed E-state index contributed by atoms with van der Waals surface area (Å²) in [5, 5.41) is 11.6. The fourth-order valence-corrected chi connectivity index (χ4v) is 1.56. The van der Waals surface area contributed by atoms with E-state index >= 15 is 0 Å². The van der Waals surface area contributed by atoms with Crippen molar-refractivity contribution in [3.63, 3.8) is 0 Å². The third-order valence-corrected chi connectivity index (χ3v) is 2.60. The number of rotatable bonds is 5. The van der Waals surface area contributed by atoms with Gasteiger partial charge in [-0.3, -0.25) is 4.79 Å². The summed E-state index contributed by atoms with van der Waals surface area (Å²) in [5.41, 5.74) is 5.38. The van der Waals surface area contributed by atoms with E-state index in [-0.39, 0.29) is 18.6 Å². The van der Waals surface area contributed by atoms with Gasteiger partial charge in [-0.25, -0.2) is 4.79 Å². The molecule has 0 aliphatic heterocycles. The highest BCUT2D eigenvalue weighted by atomic mass is 16.5. The van der Waals surface area contributed by atoms with E-state index in [4.69, 9.17) is 10.8 Å². The molecule has 92 valence electrons. The summed E-state index contributed by atoms with van der Waals surface area (Å²) in [6.45, 7) is 2.30. The van der Waals surface area contributed by atoms with Crippen LogP contribution in [-0.2, 0) is 14.3 Å². The maximum absolute atomic E-state index is 11.4. The van der Waals surface area contributed by atoms with Crippen LogP contribution >= 0.6 is 0 Å². The van der Waals surface area contributed by atoms with Crippen LogP contribution in [0.1, 0.15) is 19.8 Å². The molecule has 0 radical (unpaired) electrons. The second kappa shape index (κ2) is 5.81. The highest BCUT2D eigenvalue weighted by Crippen LogP contribution is 2.25. The second-order valence-electron chi connectivity index (χ2n) is 3.97. The van der Waals surface area contributed by atoms with Gasteiger partial charge in [0.2, 0.25) is 5.91 Å². The molecule has 1 aliphatic carbocycles. The number of hydrogen-bond acceptors (Lipinski definition) is 5. The van der Waals surface area contributed by atoms with Gasteiger partial charge in [0.15, 0.2) is 6.04 Å². The van der Waals surface area contributed by atoms with Crippen molar-refractivity contribution in [1.29, 1.82) is 0 Å². The largest absolute Gasteiger partial charge is 0.464 e. The van der Waals surface area contributed by atoms with E-state index in [0.29, 0.717) is 19.4 Å². The summed E-state index contributed by atoms with van der Waals surface area (Å²) in [5.74, 6) is -0.957. The fraction of sp³-hybridized carbons (Fsp3) is 0.800. The number of esters is 1. The average Bonchev–Trinajstić information content (AvgIpc) is 2.21. The van der Waals surface area contributed by atoms with Crippen molar-refractivity contribution in [1.82, 2.24) is 5.32 Å². The Bertz CT molecular complexity index is 264. The minimum absolute atomic E-state index is 0.203. The van der Waals surface area contributed by atoms with Crippen molar-refractivity contribution in [3.05, 3.63) is 0 Å². The van der Waals surface area contributed by atoms with Crippen molar-refractivity contribution in [2.75, 3.05) is 13.2 Å². The standard InChI is InChI=1S/C10H18N2O4/c1-2-16-10(15)8(11)9(14)12-5-6-3-7(13)4-6/h6-8,13H,2-5,11H2,1H3,(H,12,14). The van der Waals surface area contributed by atoms with Crippen LogP contribution in [0.25, 0.3) is 0 Å². The van der Waals surface area contributed by atoms with Gasteiger partial charge in [0.1, 0.15) is 0 Å². The highest BCUT2D eigenvalue weighted by molar-refractivity contribution is 6.01. The van der Waals surface area contributed by atoms with Gasteiger partial charge in [0, 0.05) is 6.54 Å². The molecule has 16 heavy (non-hydrogen) atoms. The number of carbonyl (C=O) groups is 2. The minimum Gasteiger partial charge on any atom is -0.464 e. The van der Waals surface area contributed by atoms with Gasteiger partial charge in [-0.05, 0) is 25.7 Å². The lowest BCUT2D eigenvalue weighted by Gasteiger charge is -2.31. The van der Waals surface area contributed by atoms with Gasteiger partial charge >= 0.3 is 5.97 Å². The van der Waals surface area contributed by atoms with Crippen molar-refractivity contribution in [2.24, 2.45) is 11.7 Å². The van der Waals surface area contributed by atoms with Gasteiger partial charge in [0.05, 0.1) is 12.7 Å². The van der Waals surface area contributed by atoms with Crippen LogP contribution in [0.5, 0.6) is 0 Å². The second-order valence-corrected chi connectivity index (χ2v) is 3.97. The number of carbonyl (C=O) groups excluding carboxylic acids is 2. The molecule has 0 aromatic rings. The van der Waals surface area contributed by atoms with Crippen LogP contribution in [0.3, 0.4) is 0 Å². The zero-order valence-electron chi connectivity index (χ0n) is 9.31. The van der Waals surface area contributed by atoms with E-state index < -0.39 is 17.9 Å². The highest BCUT2D eigenvalue weighted by Gasteiger charge is 2.29. The van der Waals surface area contributed by atoms with Crippen molar-refractivity contribution in [3.8, 4) is 0 Å². The number of aliphatic hydroxyl groups excluding tert-OH is 1. The van der Waals surface area contributed by atoms with E-state index in [1.54, 1.807) is 6.92 Å². The van der Waals surface area contributed by atoms with E-state index in [9.17, 15) is 9.59 Å². The molecule has 0 aromatic carbocycles. The molecule has 1 saturated carbocycles. The number of nitrogens with one attached hydrogen (secondary N) is 1. The lowest BCUT2D eigenvalue weighted by Crippen LogP contribution is -2.49. The molecule has 1 unspecified atom stereocenters. The van der Waals surface area contributed by atoms with Gasteiger partial charge in [-0.2, -0.15) is 0 Å². The minimum atomic E-state index is -1.26. The quantitative estimate of drug-likeness (QED) is 0.405. The molecule has 0 aromatic heterocycles. The van der Waals surface area contributed by atoms with Crippen LogP contribution in [0.15, 0.2) is 0 Å². The van der Waals surface area contributed by atoms with Crippen LogP contribution in [0.2, 0.25) is 0 Å². The predicted molar refractivity (Wildman–Crippen MR) is 56.3 cm³/mol. The summed E-state index contributed by atoms with van der Waals surface area (Å²) in [4.78, 5) is 22.5. The molecule has 0 bridgehead atoms. The van der Waals surface area contributed by atoms with Gasteiger partial charge in [0.25, 0.3) is 0 Å². The Labute approximate surface area is 94.1 Å². The number of nitrogens with two attached hydrogens (primary N) is 1. The molecule has 0 heterocycles. The first-order chi connectivity index (χ1) is 7.54. The molecule has 1 amide bonds. The Hall–Kier alpha value is -1.14. The van der Waals surface area contributed by atoms with Gasteiger partial charge in [-0.1, -0.05) is 0 Å². The van der Waals surface area contributed by atoms with Gasteiger partial charge in [-0.15, -0.1) is 0 Å². The predicted octanol–water partition coefficient (Wildman–Crippen LogP) is -1.24. The molecular weight excluding hydrogens is 212 g/mol. The zero-order valence-corrected chi connectivity index (χ0v) is 9.31. The van der Waals surface area contributed by atoms with Crippen LogP contribution < -0.4 is 11.1 Å². The average molecular weight is 230 g/mol. The Balaban J connectivity index is 2.21. The van der Waals surface area contributed by atoms with Crippen molar-refractivity contribution < 1.29 is 19.4 Å². The first-order valence-electron chi connectivity index (χ1n) is 5.42. The SMILES string of the molecule is CCOC(=O)C(N)C(=O)NCC1CC(O)C1. The zero-order chi connectivity index (χ0) is 12.1. The number of amides is 1. The molecule has 1 aliphatic rings. The number of aliphatic hydroxyl groups is 1. The third-order valence-electron chi connectivity index (χ3n) is 2.60. The maximum Gasteiger partial charge on any atom is 0.332 e. The topological polar surface area (TPSA) is 102 Å². The smallest absolute Gasteiger partial charge is 0.332 e. The van der Waals surface area contributed by atoms with Gasteiger partial charge < -0.3 is 20.9 Å². The van der Waals surface area contributed by atoms with E-state index in [2.05, 4.69) is 10.1 Å². The Morgan fingerprint density at radius 1 is 1.56 bits per heavy atom. The molecule has 1 fully saturated rings. The Kier molecular flexibility index (Phi) is 4.70. The lowest BCUT2D eigenvalue weighted by molar-refractivity contribution is -0.148. The maximum atomic E-state index is 11.4. The summed E-state index contributed by atoms with van der Waals surface area (Å²) in [6, 6.07) is -1.26. The number of hydrogen-bond donors (Lipinski definition) is 3. The fourth-order valence-electron chi connectivity index (χ4n) is 1.56. The first-order valence-corrected chi connectivity index (χ1v) is 5.42. The van der Waals surface area contributed by atoms with E-state index in [0.717, 1.165) is 0 Å². The van der Waals surface area contributed by atoms with E-state index in [1.807, 2.05) is 0 Å².